The number of aliphatic imine (C=N–C) groups is 1. The summed E-state index contributed by atoms with van der Waals surface area (Å²) in [5, 5.41) is 8.34. The number of rotatable bonds is 6. The molecule has 0 bridgehead atoms. The van der Waals surface area contributed by atoms with E-state index in [1.807, 2.05) is 32.9 Å². The van der Waals surface area contributed by atoms with Gasteiger partial charge in [-0.2, -0.15) is 0 Å². The highest BCUT2D eigenvalue weighted by Crippen LogP contribution is 2.23. The molecule has 2 rings (SSSR count). The standard InChI is InChI=1S/C17H23ClN4OS/c1-5-19-17(21-10-16-11(2)22-12(3)24-16)20-9-13-6-7-14(18)8-15(13)23-4/h6-8H,5,9-10H2,1-4H3,(H2,19,20,21). The number of aryl methyl sites for hydroxylation is 2. The van der Waals surface area contributed by atoms with Crippen molar-refractivity contribution in [1.82, 2.24) is 15.6 Å². The first-order valence-corrected chi connectivity index (χ1v) is 9.00. The Hall–Kier alpha value is -1.79. The molecule has 0 atom stereocenters. The molecule has 1 aromatic carbocycles. The molecule has 0 saturated heterocycles. The second-order valence-electron chi connectivity index (χ2n) is 5.25. The molecule has 1 heterocycles. The first-order chi connectivity index (χ1) is 11.5. The number of benzene rings is 1. The summed E-state index contributed by atoms with van der Waals surface area (Å²) in [5.41, 5.74) is 2.06. The molecule has 0 fully saturated rings. The molecular formula is C17H23ClN4OS. The zero-order valence-corrected chi connectivity index (χ0v) is 16.0. The number of methoxy groups -OCH3 is 1. The Morgan fingerprint density at radius 2 is 2.12 bits per heavy atom. The van der Waals surface area contributed by atoms with Gasteiger partial charge in [-0.1, -0.05) is 17.7 Å². The summed E-state index contributed by atoms with van der Waals surface area (Å²) >= 11 is 7.70. The Kier molecular flexibility index (Phi) is 6.87. The molecule has 7 heteroatoms. The Labute approximate surface area is 152 Å². The summed E-state index contributed by atoms with van der Waals surface area (Å²) < 4.78 is 5.37. The SMILES string of the molecule is CCNC(=NCc1ccc(Cl)cc1OC)NCc1sc(C)nc1C. The topological polar surface area (TPSA) is 58.5 Å². The predicted octanol–water partition coefficient (Wildman–Crippen LogP) is 3.68. The molecule has 1 aromatic heterocycles. The van der Waals surface area contributed by atoms with Crippen LogP contribution in [0.4, 0.5) is 0 Å². The van der Waals surface area contributed by atoms with Crippen LogP contribution in [-0.2, 0) is 13.1 Å². The second-order valence-corrected chi connectivity index (χ2v) is 6.97. The predicted molar refractivity (Wildman–Crippen MR) is 101 cm³/mol. The average Bonchev–Trinajstić information content (AvgIpc) is 2.88. The Balaban J connectivity index is 2.06. The maximum Gasteiger partial charge on any atom is 0.191 e. The van der Waals surface area contributed by atoms with Crippen LogP contribution in [0.5, 0.6) is 5.75 Å². The number of nitrogens with zero attached hydrogens (tertiary/aromatic N) is 2. The highest BCUT2D eigenvalue weighted by atomic mass is 35.5. The molecule has 0 aliphatic rings. The van der Waals surface area contributed by atoms with Crippen LogP contribution in [0.3, 0.4) is 0 Å². The number of hydrogen-bond acceptors (Lipinski definition) is 4. The number of aromatic nitrogens is 1. The summed E-state index contributed by atoms with van der Waals surface area (Å²) in [6, 6.07) is 5.58. The van der Waals surface area contributed by atoms with E-state index in [0.29, 0.717) is 18.1 Å². The minimum Gasteiger partial charge on any atom is -0.496 e. The van der Waals surface area contributed by atoms with Gasteiger partial charge in [-0.05, 0) is 32.9 Å². The Morgan fingerprint density at radius 1 is 1.33 bits per heavy atom. The summed E-state index contributed by atoms with van der Waals surface area (Å²) in [5.74, 6) is 1.51. The fourth-order valence-electron chi connectivity index (χ4n) is 2.26. The fraction of sp³-hybridized carbons (Fsp3) is 0.412. The van der Waals surface area contributed by atoms with E-state index in [2.05, 4.69) is 20.6 Å². The molecule has 0 aliphatic carbocycles. The lowest BCUT2D eigenvalue weighted by Crippen LogP contribution is -2.36. The van der Waals surface area contributed by atoms with Crippen molar-refractivity contribution < 1.29 is 4.74 Å². The largest absolute Gasteiger partial charge is 0.496 e. The van der Waals surface area contributed by atoms with E-state index in [0.717, 1.165) is 34.5 Å². The van der Waals surface area contributed by atoms with Gasteiger partial charge in [0, 0.05) is 22.0 Å². The molecule has 130 valence electrons. The van der Waals surface area contributed by atoms with Crippen molar-refractivity contribution in [2.75, 3.05) is 13.7 Å². The Morgan fingerprint density at radius 3 is 2.75 bits per heavy atom. The fourth-order valence-corrected chi connectivity index (χ4v) is 3.30. The number of nitrogens with one attached hydrogen (secondary N) is 2. The van der Waals surface area contributed by atoms with Crippen LogP contribution in [0.15, 0.2) is 23.2 Å². The van der Waals surface area contributed by atoms with E-state index in [-0.39, 0.29) is 0 Å². The van der Waals surface area contributed by atoms with Crippen LogP contribution in [0.2, 0.25) is 5.02 Å². The van der Waals surface area contributed by atoms with Crippen molar-refractivity contribution in [3.8, 4) is 5.75 Å². The third-order valence-corrected chi connectivity index (χ3v) is 4.72. The first-order valence-electron chi connectivity index (χ1n) is 7.81. The van der Waals surface area contributed by atoms with Crippen molar-refractivity contribution in [3.63, 3.8) is 0 Å². The zero-order valence-electron chi connectivity index (χ0n) is 14.4. The van der Waals surface area contributed by atoms with E-state index >= 15 is 0 Å². The number of guanidine groups is 1. The van der Waals surface area contributed by atoms with E-state index < -0.39 is 0 Å². The van der Waals surface area contributed by atoms with Gasteiger partial charge in [0.25, 0.3) is 0 Å². The van der Waals surface area contributed by atoms with Crippen molar-refractivity contribution in [1.29, 1.82) is 0 Å². The summed E-state index contributed by atoms with van der Waals surface area (Å²) in [4.78, 5) is 10.3. The zero-order chi connectivity index (χ0) is 17.5. The molecule has 0 aliphatic heterocycles. The summed E-state index contributed by atoms with van der Waals surface area (Å²) in [7, 11) is 1.64. The number of thiazole rings is 1. The molecule has 0 amide bonds. The lowest BCUT2D eigenvalue weighted by Gasteiger charge is -2.12. The van der Waals surface area contributed by atoms with Gasteiger partial charge in [-0.15, -0.1) is 11.3 Å². The molecule has 0 unspecified atom stereocenters. The lowest BCUT2D eigenvalue weighted by molar-refractivity contribution is 0.410. The average molecular weight is 367 g/mol. The van der Waals surface area contributed by atoms with Crippen LogP contribution in [-0.4, -0.2) is 24.6 Å². The van der Waals surface area contributed by atoms with Crippen molar-refractivity contribution in [2.45, 2.75) is 33.9 Å². The van der Waals surface area contributed by atoms with Crippen molar-refractivity contribution >= 4 is 28.9 Å². The molecule has 0 spiro atoms. The lowest BCUT2D eigenvalue weighted by atomic mass is 10.2. The van der Waals surface area contributed by atoms with E-state index in [1.54, 1.807) is 24.5 Å². The van der Waals surface area contributed by atoms with Crippen LogP contribution < -0.4 is 15.4 Å². The van der Waals surface area contributed by atoms with E-state index in [9.17, 15) is 0 Å². The maximum atomic E-state index is 6.00. The summed E-state index contributed by atoms with van der Waals surface area (Å²) in [6.07, 6.45) is 0. The van der Waals surface area contributed by atoms with Gasteiger partial charge in [-0.25, -0.2) is 9.98 Å². The minimum atomic E-state index is 0.510. The Bertz CT molecular complexity index is 715. The number of hydrogen-bond donors (Lipinski definition) is 2. The molecule has 2 N–H and O–H groups in total. The molecular weight excluding hydrogens is 344 g/mol. The first kappa shape index (κ1) is 18.5. The van der Waals surface area contributed by atoms with Gasteiger partial charge in [0.15, 0.2) is 5.96 Å². The van der Waals surface area contributed by atoms with Gasteiger partial charge < -0.3 is 15.4 Å². The van der Waals surface area contributed by atoms with Crippen LogP contribution >= 0.6 is 22.9 Å². The van der Waals surface area contributed by atoms with Crippen molar-refractivity contribution in [2.24, 2.45) is 4.99 Å². The number of ether oxygens (including phenoxy) is 1. The second kappa shape index (κ2) is 8.89. The smallest absolute Gasteiger partial charge is 0.191 e. The molecule has 2 aromatic rings. The summed E-state index contributed by atoms with van der Waals surface area (Å²) in [6.45, 7) is 8.11. The molecule has 0 radical (unpaired) electrons. The third-order valence-electron chi connectivity index (χ3n) is 3.42. The van der Waals surface area contributed by atoms with E-state index in [4.69, 9.17) is 16.3 Å². The third kappa shape index (κ3) is 5.11. The monoisotopic (exact) mass is 366 g/mol. The molecule has 24 heavy (non-hydrogen) atoms. The number of halogens is 1. The maximum absolute atomic E-state index is 6.00. The van der Waals surface area contributed by atoms with Gasteiger partial charge in [0.2, 0.25) is 0 Å². The molecule has 0 saturated carbocycles. The van der Waals surface area contributed by atoms with Gasteiger partial charge >= 0.3 is 0 Å². The van der Waals surface area contributed by atoms with Crippen molar-refractivity contribution in [3.05, 3.63) is 44.4 Å². The normalized spacial score (nSPS) is 11.5. The quantitative estimate of drug-likeness (QED) is 0.604. The van der Waals surface area contributed by atoms with Crippen LogP contribution in [0.1, 0.15) is 28.1 Å². The minimum absolute atomic E-state index is 0.510. The van der Waals surface area contributed by atoms with Crippen LogP contribution in [0, 0.1) is 13.8 Å². The van der Waals surface area contributed by atoms with Gasteiger partial charge in [0.05, 0.1) is 30.9 Å². The highest BCUT2D eigenvalue weighted by molar-refractivity contribution is 7.11. The highest BCUT2D eigenvalue weighted by Gasteiger charge is 2.07. The molecule has 5 nitrogen and oxygen atoms in total. The van der Waals surface area contributed by atoms with Gasteiger partial charge in [0.1, 0.15) is 5.75 Å². The van der Waals surface area contributed by atoms with E-state index in [1.165, 1.54) is 4.88 Å². The van der Waals surface area contributed by atoms with Crippen LogP contribution in [0.25, 0.3) is 0 Å². The van der Waals surface area contributed by atoms with Gasteiger partial charge in [-0.3, -0.25) is 0 Å².